The van der Waals surface area contributed by atoms with Crippen LogP contribution in [0.5, 0.6) is 17.2 Å². The molecule has 5 nitrogen and oxygen atoms in total. The fourth-order valence-corrected chi connectivity index (χ4v) is 3.01. The summed E-state index contributed by atoms with van der Waals surface area (Å²) in [6, 6.07) is 1.65. The van der Waals surface area contributed by atoms with Gasteiger partial charge in [0.1, 0.15) is 0 Å². The van der Waals surface area contributed by atoms with Gasteiger partial charge in [0.15, 0.2) is 11.5 Å². The molecule has 2 rings (SSSR count). The van der Waals surface area contributed by atoms with Gasteiger partial charge in [-0.15, -0.1) is 0 Å². The van der Waals surface area contributed by atoms with Crippen LogP contribution < -0.4 is 14.2 Å². The number of ether oxygens (including phenoxy) is 3. The third-order valence-corrected chi connectivity index (χ3v) is 4.09. The molecule has 1 aliphatic carbocycles. The summed E-state index contributed by atoms with van der Waals surface area (Å²) in [6.45, 7) is 0. The maximum Gasteiger partial charge on any atom is 0.303 e. The molecule has 0 amide bonds. The van der Waals surface area contributed by atoms with E-state index in [2.05, 4.69) is 0 Å². The van der Waals surface area contributed by atoms with Gasteiger partial charge in [-0.25, -0.2) is 0 Å². The van der Waals surface area contributed by atoms with E-state index in [0.717, 1.165) is 12.8 Å². The zero-order chi connectivity index (χ0) is 15.6. The van der Waals surface area contributed by atoms with Gasteiger partial charge in [-0.05, 0) is 18.8 Å². The normalized spacial score (nSPS) is 15.4. The highest BCUT2D eigenvalue weighted by atomic mass is 35.5. The average Bonchev–Trinajstić information content (AvgIpc) is 3.28. The number of hydrogen-bond acceptors (Lipinski definition) is 4. The van der Waals surface area contributed by atoms with Gasteiger partial charge in [0.05, 0.1) is 32.8 Å². The van der Waals surface area contributed by atoms with E-state index >= 15 is 0 Å². The van der Waals surface area contributed by atoms with Crippen molar-refractivity contribution in [3.63, 3.8) is 0 Å². The summed E-state index contributed by atoms with van der Waals surface area (Å²) in [5, 5.41) is 9.61. The number of carbonyl (C=O) groups is 1. The molecule has 0 aliphatic heterocycles. The van der Waals surface area contributed by atoms with Crippen LogP contribution in [-0.4, -0.2) is 32.4 Å². The van der Waals surface area contributed by atoms with E-state index in [1.807, 2.05) is 0 Å². The van der Waals surface area contributed by atoms with Crippen molar-refractivity contribution < 1.29 is 24.1 Å². The Morgan fingerprint density at radius 3 is 2.33 bits per heavy atom. The van der Waals surface area contributed by atoms with E-state index in [9.17, 15) is 4.79 Å². The molecule has 1 aliphatic rings. The molecule has 0 radical (unpaired) electrons. The fraction of sp³-hybridized carbons (Fsp3) is 0.533. The number of benzene rings is 1. The minimum atomic E-state index is -0.847. The molecule has 116 valence electrons. The van der Waals surface area contributed by atoms with Gasteiger partial charge in [0.25, 0.3) is 0 Å². The Bertz CT molecular complexity index is 539. The van der Waals surface area contributed by atoms with Crippen molar-refractivity contribution in [1.82, 2.24) is 0 Å². The van der Waals surface area contributed by atoms with Crippen LogP contribution in [0.1, 0.15) is 30.7 Å². The van der Waals surface area contributed by atoms with Crippen LogP contribution in [0.4, 0.5) is 0 Å². The first kappa shape index (κ1) is 15.8. The summed E-state index contributed by atoms with van der Waals surface area (Å²) in [6.07, 6.45) is 2.04. The van der Waals surface area contributed by atoms with Gasteiger partial charge in [-0.1, -0.05) is 11.6 Å². The molecule has 1 aromatic carbocycles. The van der Waals surface area contributed by atoms with Crippen LogP contribution in [-0.2, 0) is 4.79 Å². The first-order valence-electron chi connectivity index (χ1n) is 6.73. The number of methoxy groups -OCH3 is 3. The first-order valence-corrected chi connectivity index (χ1v) is 7.11. The molecular formula is C15H19ClO5. The minimum Gasteiger partial charge on any atom is -0.493 e. The van der Waals surface area contributed by atoms with Gasteiger partial charge in [0, 0.05) is 17.5 Å². The number of rotatable bonds is 7. The quantitative estimate of drug-likeness (QED) is 0.836. The minimum absolute atomic E-state index is 0.0240. The molecule has 1 unspecified atom stereocenters. The second kappa shape index (κ2) is 6.43. The summed E-state index contributed by atoms with van der Waals surface area (Å²) in [4.78, 5) is 11.2. The third kappa shape index (κ3) is 3.18. The Hall–Kier alpha value is -1.62. The van der Waals surface area contributed by atoms with Gasteiger partial charge < -0.3 is 19.3 Å². The Morgan fingerprint density at radius 2 is 1.90 bits per heavy atom. The number of aliphatic carboxylic acids is 1. The SMILES string of the molecule is COc1cc(Cl)c(C(CC(=O)O)C2CC2)c(OC)c1OC. The van der Waals surface area contributed by atoms with Crippen molar-refractivity contribution in [3.8, 4) is 17.2 Å². The molecule has 1 N–H and O–H groups in total. The lowest BCUT2D eigenvalue weighted by Gasteiger charge is -2.22. The molecule has 21 heavy (non-hydrogen) atoms. The number of carboxylic acid groups (broad SMARTS) is 1. The fourth-order valence-electron chi connectivity index (χ4n) is 2.69. The van der Waals surface area contributed by atoms with Crippen molar-refractivity contribution >= 4 is 17.6 Å². The van der Waals surface area contributed by atoms with Crippen LogP contribution in [0.15, 0.2) is 6.07 Å². The van der Waals surface area contributed by atoms with Crippen LogP contribution in [0.25, 0.3) is 0 Å². The van der Waals surface area contributed by atoms with E-state index in [4.69, 9.17) is 30.9 Å². The smallest absolute Gasteiger partial charge is 0.303 e. The molecule has 1 saturated carbocycles. The number of carboxylic acids is 1. The summed E-state index contributed by atoms with van der Waals surface area (Å²) >= 11 is 6.36. The van der Waals surface area contributed by atoms with Gasteiger partial charge in [0.2, 0.25) is 5.75 Å². The molecule has 0 bridgehead atoms. The molecule has 0 aromatic heterocycles. The monoisotopic (exact) mass is 314 g/mol. The lowest BCUT2D eigenvalue weighted by Crippen LogP contribution is -2.11. The highest BCUT2D eigenvalue weighted by molar-refractivity contribution is 6.32. The predicted octanol–water partition coefficient (Wildman–Crippen LogP) is 3.33. The second-order valence-corrected chi connectivity index (χ2v) is 5.49. The molecular weight excluding hydrogens is 296 g/mol. The Labute approximate surface area is 128 Å². The maximum absolute atomic E-state index is 11.2. The van der Waals surface area contributed by atoms with E-state index in [1.165, 1.54) is 21.3 Å². The van der Waals surface area contributed by atoms with E-state index < -0.39 is 5.97 Å². The first-order chi connectivity index (χ1) is 10.0. The van der Waals surface area contributed by atoms with Gasteiger partial charge in [-0.3, -0.25) is 4.79 Å². The van der Waals surface area contributed by atoms with Crippen LogP contribution >= 0.6 is 11.6 Å². The van der Waals surface area contributed by atoms with E-state index in [0.29, 0.717) is 33.8 Å². The van der Waals surface area contributed by atoms with Crippen LogP contribution in [0, 0.1) is 5.92 Å². The second-order valence-electron chi connectivity index (χ2n) is 5.08. The van der Waals surface area contributed by atoms with Gasteiger partial charge in [-0.2, -0.15) is 0 Å². The molecule has 1 atom stereocenters. The largest absolute Gasteiger partial charge is 0.493 e. The lowest BCUT2D eigenvalue weighted by molar-refractivity contribution is -0.137. The van der Waals surface area contributed by atoms with Crippen LogP contribution in [0.3, 0.4) is 0 Å². The molecule has 0 saturated heterocycles. The molecule has 0 spiro atoms. The molecule has 0 heterocycles. The summed E-state index contributed by atoms with van der Waals surface area (Å²) in [5.41, 5.74) is 0.696. The summed E-state index contributed by atoms with van der Waals surface area (Å²) in [7, 11) is 4.55. The molecule has 1 fully saturated rings. The van der Waals surface area contributed by atoms with Crippen molar-refractivity contribution in [1.29, 1.82) is 0 Å². The maximum atomic E-state index is 11.2. The zero-order valence-electron chi connectivity index (χ0n) is 12.3. The highest BCUT2D eigenvalue weighted by Gasteiger charge is 2.38. The van der Waals surface area contributed by atoms with Gasteiger partial charge >= 0.3 is 5.97 Å². The highest BCUT2D eigenvalue weighted by Crippen LogP contribution is 2.53. The number of halogens is 1. The lowest BCUT2D eigenvalue weighted by atomic mass is 9.89. The van der Waals surface area contributed by atoms with Crippen molar-refractivity contribution in [2.75, 3.05) is 21.3 Å². The third-order valence-electron chi connectivity index (χ3n) is 3.77. The average molecular weight is 315 g/mol. The Kier molecular flexibility index (Phi) is 4.83. The summed E-state index contributed by atoms with van der Waals surface area (Å²) in [5.74, 6) is 0.665. The van der Waals surface area contributed by atoms with Crippen molar-refractivity contribution in [2.45, 2.75) is 25.2 Å². The molecule has 1 aromatic rings. The summed E-state index contributed by atoms with van der Waals surface area (Å²) < 4.78 is 16.0. The van der Waals surface area contributed by atoms with Crippen molar-refractivity contribution in [3.05, 3.63) is 16.7 Å². The number of hydrogen-bond donors (Lipinski definition) is 1. The van der Waals surface area contributed by atoms with Crippen LogP contribution in [0.2, 0.25) is 5.02 Å². The standard InChI is InChI=1S/C15H19ClO5/c1-19-11-7-10(16)13(15(21-3)14(11)20-2)9(6-12(17)18)8-4-5-8/h7-9H,4-6H2,1-3H3,(H,17,18). The van der Waals surface area contributed by atoms with E-state index in [-0.39, 0.29) is 12.3 Å². The topological polar surface area (TPSA) is 65.0 Å². The Morgan fingerprint density at radius 1 is 1.29 bits per heavy atom. The zero-order valence-corrected chi connectivity index (χ0v) is 13.1. The molecule has 6 heteroatoms. The van der Waals surface area contributed by atoms with E-state index in [1.54, 1.807) is 6.07 Å². The predicted molar refractivity (Wildman–Crippen MR) is 78.8 cm³/mol. The van der Waals surface area contributed by atoms with Crippen molar-refractivity contribution in [2.24, 2.45) is 5.92 Å². The Balaban J connectivity index is 2.57.